The molecule has 0 radical (unpaired) electrons. The second-order valence-corrected chi connectivity index (χ2v) is 5.72. The lowest BCUT2D eigenvalue weighted by Crippen LogP contribution is -2.22. The first-order valence-corrected chi connectivity index (χ1v) is 8.03. The molecule has 5 heteroatoms. The summed E-state index contributed by atoms with van der Waals surface area (Å²) < 4.78 is 0. The van der Waals surface area contributed by atoms with E-state index in [0.717, 1.165) is 16.5 Å². The average molecular weight is 328 g/mol. The van der Waals surface area contributed by atoms with Gasteiger partial charge in [-0.2, -0.15) is 5.10 Å². The van der Waals surface area contributed by atoms with Crippen LogP contribution in [0.15, 0.2) is 79.0 Å². The van der Waals surface area contributed by atoms with Crippen LogP contribution in [0.1, 0.15) is 17.0 Å². The molecular formula is C20H16N4O. The van der Waals surface area contributed by atoms with Crippen molar-refractivity contribution in [3.05, 3.63) is 90.1 Å². The molecule has 0 unspecified atom stereocenters. The lowest BCUT2D eigenvalue weighted by atomic mass is 9.90. The number of H-pyrrole nitrogens is 1. The number of rotatable bonds is 4. The van der Waals surface area contributed by atoms with Crippen molar-refractivity contribution in [3.8, 4) is 0 Å². The summed E-state index contributed by atoms with van der Waals surface area (Å²) in [5.41, 5.74) is 2.45. The number of nitrogens with one attached hydrogen (secondary N) is 2. The fraction of sp³-hybridized carbons (Fsp3) is 0.0500. The molecule has 25 heavy (non-hydrogen) atoms. The fourth-order valence-electron chi connectivity index (χ4n) is 2.93. The van der Waals surface area contributed by atoms with Gasteiger partial charge in [0.1, 0.15) is 5.82 Å². The van der Waals surface area contributed by atoms with Crippen LogP contribution in [0.4, 0.5) is 5.82 Å². The Labute approximate surface area is 144 Å². The average Bonchev–Trinajstić information content (AvgIpc) is 3.07. The van der Waals surface area contributed by atoms with Crippen LogP contribution in [0.2, 0.25) is 0 Å². The van der Waals surface area contributed by atoms with Gasteiger partial charge in [-0.3, -0.25) is 9.89 Å². The van der Waals surface area contributed by atoms with Gasteiger partial charge < -0.3 is 5.32 Å². The van der Waals surface area contributed by atoms with Crippen LogP contribution < -0.4 is 5.32 Å². The van der Waals surface area contributed by atoms with Crippen molar-refractivity contribution < 1.29 is 4.79 Å². The smallest absolute Gasteiger partial charge is 0.237 e. The predicted octanol–water partition coefficient (Wildman–Crippen LogP) is 3.73. The van der Waals surface area contributed by atoms with E-state index >= 15 is 0 Å². The van der Waals surface area contributed by atoms with Crippen LogP contribution >= 0.6 is 0 Å². The second kappa shape index (κ2) is 6.57. The number of nitrogens with zero attached hydrogens (tertiary/aromatic N) is 2. The summed E-state index contributed by atoms with van der Waals surface area (Å²) in [6, 6.07) is 23.2. The Morgan fingerprint density at radius 1 is 0.880 bits per heavy atom. The van der Waals surface area contributed by atoms with Crippen LogP contribution in [-0.4, -0.2) is 21.1 Å². The number of aromatic nitrogens is 3. The Hall–Kier alpha value is -3.47. The number of anilines is 1. The van der Waals surface area contributed by atoms with E-state index in [2.05, 4.69) is 20.5 Å². The lowest BCUT2D eigenvalue weighted by molar-refractivity contribution is -0.116. The molecule has 2 N–H and O–H groups in total. The van der Waals surface area contributed by atoms with Crippen molar-refractivity contribution >= 4 is 22.8 Å². The molecule has 1 amide bonds. The van der Waals surface area contributed by atoms with Gasteiger partial charge in [0, 0.05) is 6.20 Å². The summed E-state index contributed by atoms with van der Waals surface area (Å²) in [6.07, 6.45) is 1.67. The molecule has 0 aliphatic heterocycles. The predicted molar refractivity (Wildman–Crippen MR) is 97.2 cm³/mol. The van der Waals surface area contributed by atoms with Gasteiger partial charge in [0.25, 0.3) is 0 Å². The quantitative estimate of drug-likeness (QED) is 0.600. The highest BCUT2D eigenvalue weighted by atomic mass is 16.2. The summed E-state index contributed by atoms with van der Waals surface area (Å²) in [5.74, 6) is 0.0363. The van der Waals surface area contributed by atoms with Crippen LogP contribution in [-0.2, 0) is 4.79 Å². The van der Waals surface area contributed by atoms with E-state index in [1.807, 2.05) is 72.8 Å². The Bertz CT molecular complexity index is 956. The molecule has 5 nitrogen and oxygen atoms in total. The third kappa shape index (κ3) is 2.99. The van der Waals surface area contributed by atoms with E-state index in [0.29, 0.717) is 11.5 Å². The van der Waals surface area contributed by atoms with E-state index < -0.39 is 5.92 Å². The maximum absolute atomic E-state index is 13.1. The van der Waals surface area contributed by atoms with Gasteiger partial charge >= 0.3 is 0 Å². The van der Waals surface area contributed by atoms with Crippen molar-refractivity contribution in [2.24, 2.45) is 0 Å². The number of carbonyl (C=O) groups excluding carboxylic acids is 1. The summed E-state index contributed by atoms with van der Waals surface area (Å²) in [5, 5.41) is 10.7. The first kappa shape index (κ1) is 15.1. The molecule has 0 fully saturated rings. The van der Waals surface area contributed by atoms with Crippen molar-refractivity contribution in [3.63, 3.8) is 0 Å². The van der Waals surface area contributed by atoms with Crippen molar-refractivity contribution in [2.45, 2.75) is 5.92 Å². The zero-order chi connectivity index (χ0) is 17.1. The molecule has 0 saturated heterocycles. The molecule has 4 rings (SSSR count). The van der Waals surface area contributed by atoms with Gasteiger partial charge in [0.05, 0.1) is 11.3 Å². The summed E-state index contributed by atoms with van der Waals surface area (Å²) in [7, 11) is 0. The molecule has 2 heterocycles. The van der Waals surface area contributed by atoms with Gasteiger partial charge in [-0.1, -0.05) is 60.7 Å². The lowest BCUT2D eigenvalue weighted by Gasteiger charge is -2.17. The first-order chi connectivity index (χ1) is 12.3. The van der Waals surface area contributed by atoms with E-state index in [-0.39, 0.29) is 5.91 Å². The second-order valence-electron chi connectivity index (χ2n) is 5.72. The highest BCUT2D eigenvalue weighted by molar-refractivity contribution is 6.02. The SMILES string of the molecule is O=C(Nc1[nH]nc2ncccc12)C(c1ccccc1)c1ccccc1. The maximum atomic E-state index is 13.1. The number of hydrogen-bond donors (Lipinski definition) is 2. The Kier molecular flexibility index (Phi) is 3.96. The Balaban J connectivity index is 1.71. The molecule has 122 valence electrons. The maximum Gasteiger partial charge on any atom is 0.237 e. The van der Waals surface area contributed by atoms with E-state index in [9.17, 15) is 4.79 Å². The number of benzene rings is 2. The van der Waals surface area contributed by atoms with Crippen LogP contribution in [0.5, 0.6) is 0 Å². The molecule has 2 aromatic heterocycles. The minimum Gasteiger partial charge on any atom is -0.310 e. The van der Waals surface area contributed by atoms with Gasteiger partial charge in [0.2, 0.25) is 5.91 Å². The number of pyridine rings is 1. The zero-order valence-electron chi connectivity index (χ0n) is 13.4. The van der Waals surface area contributed by atoms with E-state index in [1.165, 1.54) is 0 Å². The van der Waals surface area contributed by atoms with Crippen LogP contribution in [0, 0.1) is 0 Å². The minimum absolute atomic E-state index is 0.119. The fourth-order valence-corrected chi connectivity index (χ4v) is 2.93. The molecule has 0 spiro atoms. The van der Waals surface area contributed by atoms with E-state index in [1.54, 1.807) is 6.20 Å². The Morgan fingerprint density at radius 2 is 1.52 bits per heavy atom. The number of hydrogen-bond acceptors (Lipinski definition) is 3. The number of carbonyl (C=O) groups is 1. The van der Waals surface area contributed by atoms with Gasteiger partial charge in [-0.15, -0.1) is 0 Å². The van der Waals surface area contributed by atoms with Crippen molar-refractivity contribution in [1.82, 2.24) is 15.2 Å². The molecule has 4 aromatic rings. The largest absolute Gasteiger partial charge is 0.310 e. The third-order valence-electron chi connectivity index (χ3n) is 4.11. The van der Waals surface area contributed by atoms with Crippen LogP contribution in [0.25, 0.3) is 11.0 Å². The van der Waals surface area contributed by atoms with Crippen molar-refractivity contribution in [1.29, 1.82) is 0 Å². The number of amides is 1. The number of fused-ring (bicyclic) bond motifs is 1. The summed E-state index contributed by atoms with van der Waals surface area (Å²) in [4.78, 5) is 17.3. The number of aromatic amines is 1. The minimum atomic E-state index is -0.405. The molecular weight excluding hydrogens is 312 g/mol. The molecule has 0 saturated carbocycles. The van der Waals surface area contributed by atoms with Crippen molar-refractivity contribution in [2.75, 3.05) is 5.32 Å². The highest BCUT2D eigenvalue weighted by Gasteiger charge is 2.23. The Morgan fingerprint density at radius 3 is 2.16 bits per heavy atom. The van der Waals surface area contributed by atoms with Gasteiger partial charge in [-0.25, -0.2) is 4.98 Å². The highest BCUT2D eigenvalue weighted by Crippen LogP contribution is 2.27. The molecule has 0 atom stereocenters. The molecule has 0 aliphatic carbocycles. The molecule has 2 aromatic carbocycles. The van der Waals surface area contributed by atoms with Gasteiger partial charge in [0.15, 0.2) is 5.65 Å². The standard InChI is InChI=1S/C20H16N4O/c25-20(22-19-16-12-7-13-21-18(16)23-24-19)17(14-8-3-1-4-9-14)15-10-5-2-6-11-15/h1-13,17H,(H2,21,22,23,24,25). The molecule has 0 bridgehead atoms. The topological polar surface area (TPSA) is 70.7 Å². The summed E-state index contributed by atoms with van der Waals surface area (Å²) in [6.45, 7) is 0. The van der Waals surface area contributed by atoms with E-state index in [4.69, 9.17) is 0 Å². The summed E-state index contributed by atoms with van der Waals surface area (Å²) >= 11 is 0. The normalized spacial score (nSPS) is 10.9. The van der Waals surface area contributed by atoms with Gasteiger partial charge in [-0.05, 0) is 23.3 Å². The van der Waals surface area contributed by atoms with Crippen LogP contribution in [0.3, 0.4) is 0 Å². The molecule has 0 aliphatic rings. The first-order valence-electron chi connectivity index (χ1n) is 8.03. The third-order valence-corrected chi connectivity index (χ3v) is 4.11. The monoisotopic (exact) mass is 328 g/mol. The zero-order valence-corrected chi connectivity index (χ0v) is 13.4.